The molecule has 0 aliphatic heterocycles. The normalized spacial score (nSPS) is 12.3. The first-order valence-corrected chi connectivity index (χ1v) is 7.44. The van der Waals surface area contributed by atoms with Gasteiger partial charge in [-0.3, -0.25) is 10.1 Å². The molecule has 0 unspecified atom stereocenters. The van der Waals surface area contributed by atoms with E-state index in [-0.39, 0.29) is 22.7 Å². The Kier molecular flexibility index (Phi) is 5.74. The monoisotopic (exact) mass is 353 g/mol. The Bertz CT molecular complexity index is 897. The van der Waals surface area contributed by atoms with E-state index in [0.717, 1.165) is 6.07 Å². The lowest BCUT2D eigenvalue weighted by atomic mass is 9.89. The van der Waals surface area contributed by atoms with E-state index in [2.05, 4.69) is 0 Å². The van der Waals surface area contributed by atoms with Gasteiger partial charge in [0.25, 0.3) is 5.69 Å². The van der Waals surface area contributed by atoms with Crippen LogP contribution in [-0.2, 0) is 0 Å². The van der Waals surface area contributed by atoms with Crippen molar-refractivity contribution in [2.75, 3.05) is 14.2 Å². The maximum Gasteiger partial charge on any atom is 0.279 e. The fourth-order valence-corrected chi connectivity index (χ4v) is 2.55. The summed E-state index contributed by atoms with van der Waals surface area (Å²) in [6.07, 6.45) is -1.48. The molecule has 2 rings (SSSR count). The molecular weight excluding hydrogens is 338 g/mol. The van der Waals surface area contributed by atoms with Crippen LogP contribution in [0.2, 0.25) is 0 Å². The van der Waals surface area contributed by atoms with Crippen LogP contribution in [0.15, 0.2) is 36.4 Å². The van der Waals surface area contributed by atoms with Crippen LogP contribution in [0.3, 0.4) is 0 Å². The molecule has 0 bridgehead atoms. The summed E-state index contributed by atoms with van der Waals surface area (Å²) in [7, 11) is 2.70. The molecule has 0 aliphatic carbocycles. The van der Waals surface area contributed by atoms with Crippen LogP contribution in [0.1, 0.15) is 28.7 Å². The van der Waals surface area contributed by atoms with Gasteiger partial charge in [-0.15, -0.1) is 0 Å². The van der Waals surface area contributed by atoms with Gasteiger partial charge in [-0.1, -0.05) is 12.1 Å². The Morgan fingerprint density at radius 2 is 1.69 bits per heavy atom. The van der Waals surface area contributed by atoms with Gasteiger partial charge in [-0.2, -0.15) is 10.5 Å². The van der Waals surface area contributed by atoms with Crippen molar-refractivity contribution in [3.05, 3.63) is 63.2 Å². The van der Waals surface area contributed by atoms with Crippen LogP contribution in [0.25, 0.3) is 0 Å². The van der Waals surface area contributed by atoms with E-state index in [1.807, 2.05) is 12.1 Å². The first kappa shape index (κ1) is 18.7. The first-order chi connectivity index (χ1) is 12.5. The maximum atomic E-state index is 11.4. The van der Waals surface area contributed by atoms with Gasteiger partial charge in [0.1, 0.15) is 12.0 Å². The van der Waals surface area contributed by atoms with E-state index in [0.29, 0.717) is 11.1 Å². The minimum Gasteiger partial charge on any atom is -0.493 e. The van der Waals surface area contributed by atoms with Gasteiger partial charge in [-0.05, 0) is 23.8 Å². The number of hydrogen-bond donors (Lipinski definition) is 1. The first-order valence-electron chi connectivity index (χ1n) is 7.44. The smallest absolute Gasteiger partial charge is 0.279 e. The summed E-state index contributed by atoms with van der Waals surface area (Å²) in [5.74, 6) is -0.731. The van der Waals surface area contributed by atoms with Gasteiger partial charge >= 0.3 is 0 Å². The van der Waals surface area contributed by atoms with Crippen molar-refractivity contribution in [1.29, 1.82) is 10.5 Å². The maximum absolute atomic E-state index is 11.4. The highest BCUT2D eigenvalue weighted by Gasteiger charge is 2.31. The molecule has 8 nitrogen and oxygen atoms in total. The van der Waals surface area contributed by atoms with Gasteiger partial charge < -0.3 is 14.6 Å². The Morgan fingerprint density at radius 1 is 1.12 bits per heavy atom. The minimum atomic E-state index is -1.48. The van der Waals surface area contributed by atoms with Gasteiger partial charge in [0, 0.05) is 0 Å². The van der Waals surface area contributed by atoms with E-state index in [4.69, 9.17) is 14.7 Å². The molecule has 0 amide bonds. The number of aliphatic hydroxyl groups is 1. The molecule has 0 radical (unpaired) electrons. The number of hydrogen-bond acceptors (Lipinski definition) is 7. The van der Waals surface area contributed by atoms with Crippen molar-refractivity contribution in [2.24, 2.45) is 0 Å². The lowest BCUT2D eigenvalue weighted by molar-refractivity contribution is -0.386. The number of methoxy groups -OCH3 is 2. The van der Waals surface area contributed by atoms with Gasteiger partial charge in [0.05, 0.1) is 48.5 Å². The summed E-state index contributed by atoms with van der Waals surface area (Å²) in [6, 6.07) is 12.4. The van der Waals surface area contributed by atoms with E-state index in [9.17, 15) is 20.5 Å². The summed E-state index contributed by atoms with van der Waals surface area (Å²) < 4.78 is 10.2. The van der Waals surface area contributed by atoms with Crippen LogP contribution in [0, 0.1) is 32.8 Å². The number of nitro benzene ring substituents is 1. The number of rotatable bonds is 6. The third kappa shape index (κ3) is 3.56. The van der Waals surface area contributed by atoms with Crippen molar-refractivity contribution in [3.8, 4) is 23.6 Å². The molecule has 1 N–H and O–H groups in total. The van der Waals surface area contributed by atoms with Crippen LogP contribution >= 0.6 is 0 Å². The Labute approximate surface area is 149 Å². The van der Waals surface area contributed by atoms with Crippen LogP contribution in [0.4, 0.5) is 5.69 Å². The highest BCUT2D eigenvalue weighted by Crippen LogP contribution is 2.41. The third-order valence-corrected chi connectivity index (χ3v) is 3.90. The molecule has 8 heteroatoms. The average molecular weight is 353 g/mol. The summed E-state index contributed by atoms with van der Waals surface area (Å²) in [4.78, 5) is 10.7. The number of nitriles is 2. The van der Waals surface area contributed by atoms with Crippen molar-refractivity contribution in [2.45, 2.75) is 12.0 Å². The predicted octanol–water partition coefficient (Wildman–Crippen LogP) is 2.82. The number of benzene rings is 2. The SMILES string of the molecule is COc1cc([C@@H](O)[C@@H](C#N)c2ccc(C#N)cc2)c([N+](=O)[O-])cc1OC. The van der Waals surface area contributed by atoms with Gasteiger partial charge in [0.15, 0.2) is 11.5 Å². The quantitative estimate of drug-likeness (QED) is 0.624. The zero-order chi connectivity index (χ0) is 19.3. The zero-order valence-corrected chi connectivity index (χ0v) is 14.0. The molecule has 132 valence electrons. The molecule has 0 saturated carbocycles. The number of nitro groups is 1. The Hall–Kier alpha value is -3.62. The predicted molar refractivity (Wildman–Crippen MR) is 90.7 cm³/mol. The van der Waals surface area contributed by atoms with Crippen molar-refractivity contribution < 1.29 is 19.5 Å². The molecule has 0 spiro atoms. The second-order valence-corrected chi connectivity index (χ2v) is 5.31. The van der Waals surface area contributed by atoms with E-state index in [1.165, 1.54) is 44.6 Å². The minimum absolute atomic E-state index is 0.0661. The second kappa shape index (κ2) is 7.97. The third-order valence-electron chi connectivity index (χ3n) is 3.90. The summed E-state index contributed by atoms with van der Waals surface area (Å²) in [6.45, 7) is 0. The number of aliphatic hydroxyl groups excluding tert-OH is 1. The average Bonchev–Trinajstić information content (AvgIpc) is 2.67. The molecule has 0 fully saturated rings. The fraction of sp³-hybridized carbons (Fsp3) is 0.222. The highest BCUT2D eigenvalue weighted by atomic mass is 16.6. The zero-order valence-electron chi connectivity index (χ0n) is 14.0. The van der Waals surface area contributed by atoms with Gasteiger partial charge in [0.2, 0.25) is 0 Å². The second-order valence-electron chi connectivity index (χ2n) is 5.31. The number of nitrogens with zero attached hydrogens (tertiary/aromatic N) is 3. The molecule has 2 aromatic rings. The molecule has 2 atom stereocenters. The van der Waals surface area contributed by atoms with Crippen molar-refractivity contribution >= 4 is 5.69 Å². The van der Waals surface area contributed by atoms with Crippen LogP contribution < -0.4 is 9.47 Å². The topological polar surface area (TPSA) is 129 Å². The van der Waals surface area contributed by atoms with Crippen LogP contribution in [0.5, 0.6) is 11.5 Å². The molecule has 0 saturated heterocycles. The highest BCUT2D eigenvalue weighted by molar-refractivity contribution is 5.56. The summed E-state index contributed by atoms with van der Waals surface area (Å²) in [5.41, 5.74) is 0.382. The number of ether oxygens (including phenoxy) is 2. The Morgan fingerprint density at radius 3 is 2.15 bits per heavy atom. The molecule has 2 aromatic carbocycles. The van der Waals surface area contributed by atoms with E-state index < -0.39 is 16.9 Å². The van der Waals surface area contributed by atoms with E-state index in [1.54, 1.807) is 0 Å². The van der Waals surface area contributed by atoms with Crippen molar-refractivity contribution in [1.82, 2.24) is 0 Å². The molecule has 26 heavy (non-hydrogen) atoms. The van der Waals surface area contributed by atoms with Gasteiger partial charge in [-0.25, -0.2) is 0 Å². The summed E-state index contributed by atoms with van der Waals surface area (Å²) in [5, 5.41) is 40.4. The van der Waals surface area contributed by atoms with E-state index >= 15 is 0 Å². The van der Waals surface area contributed by atoms with Crippen molar-refractivity contribution in [3.63, 3.8) is 0 Å². The molecule has 0 heterocycles. The molecule has 0 aromatic heterocycles. The lowest BCUT2D eigenvalue weighted by Gasteiger charge is -2.19. The van der Waals surface area contributed by atoms with Crippen LogP contribution in [-0.4, -0.2) is 24.2 Å². The lowest BCUT2D eigenvalue weighted by Crippen LogP contribution is -2.12. The summed E-state index contributed by atoms with van der Waals surface area (Å²) >= 11 is 0. The largest absolute Gasteiger partial charge is 0.493 e. The molecule has 0 aliphatic rings. The molecular formula is C18H15N3O5. The standard InChI is InChI=1S/C18H15N3O5/c1-25-16-7-13(15(21(23)24)8-17(16)26-2)18(22)14(10-20)12-5-3-11(9-19)4-6-12/h3-8,14,18,22H,1-2H3/t14-,18+/m0/s1. The fourth-order valence-electron chi connectivity index (χ4n) is 2.55. The Balaban J connectivity index is 2.55.